The van der Waals surface area contributed by atoms with E-state index in [1.54, 1.807) is 18.3 Å². The summed E-state index contributed by atoms with van der Waals surface area (Å²) < 4.78 is 0. The number of hydrogen-bond donors (Lipinski definition) is 1. The fraction of sp³-hybridized carbons (Fsp3) is 0.133. The van der Waals surface area contributed by atoms with Gasteiger partial charge in [0, 0.05) is 25.2 Å². The fourth-order valence-electron chi connectivity index (χ4n) is 1.64. The van der Waals surface area contributed by atoms with Gasteiger partial charge in [-0.2, -0.15) is 5.26 Å². The van der Waals surface area contributed by atoms with E-state index in [4.69, 9.17) is 5.26 Å². The Kier molecular flexibility index (Phi) is 3.89. The molecule has 0 aliphatic heterocycles. The molecule has 0 unspecified atom stereocenters. The van der Waals surface area contributed by atoms with Gasteiger partial charge in [-0.15, -0.1) is 0 Å². The summed E-state index contributed by atoms with van der Waals surface area (Å²) in [5.74, 6) is -0.0591. The molecule has 1 amide bonds. The van der Waals surface area contributed by atoms with Crippen LogP contribution in [-0.4, -0.2) is 10.9 Å². The molecule has 2 rings (SSSR count). The van der Waals surface area contributed by atoms with Crippen molar-refractivity contribution >= 4 is 5.91 Å². The number of amides is 1. The molecule has 0 saturated carbocycles. The highest BCUT2D eigenvalue weighted by Crippen LogP contribution is 2.17. The molecule has 0 spiro atoms. The molecule has 0 atom stereocenters. The van der Waals surface area contributed by atoms with Crippen LogP contribution in [0.1, 0.15) is 18.1 Å². The molecule has 0 saturated heterocycles. The molecule has 2 aromatic rings. The quantitative estimate of drug-likeness (QED) is 0.909. The van der Waals surface area contributed by atoms with Gasteiger partial charge >= 0.3 is 0 Å². The average Bonchev–Trinajstić information content (AvgIpc) is 2.46. The van der Waals surface area contributed by atoms with Gasteiger partial charge in [-0.25, -0.2) is 0 Å². The molecule has 0 aliphatic rings. The van der Waals surface area contributed by atoms with E-state index in [1.165, 1.54) is 6.92 Å². The Hall–Kier alpha value is -2.67. The van der Waals surface area contributed by atoms with E-state index in [2.05, 4.69) is 16.4 Å². The van der Waals surface area contributed by atoms with E-state index in [-0.39, 0.29) is 5.91 Å². The van der Waals surface area contributed by atoms with Gasteiger partial charge in [0.15, 0.2) is 0 Å². The van der Waals surface area contributed by atoms with Crippen LogP contribution in [0.3, 0.4) is 0 Å². The summed E-state index contributed by atoms with van der Waals surface area (Å²) in [6.07, 6.45) is 1.74. The topological polar surface area (TPSA) is 65.8 Å². The molecule has 0 fully saturated rings. The summed E-state index contributed by atoms with van der Waals surface area (Å²) in [6, 6.07) is 13.2. The smallest absolute Gasteiger partial charge is 0.217 e. The van der Waals surface area contributed by atoms with Crippen molar-refractivity contribution in [1.82, 2.24) is 10.3 Å². The number of nitrogens with one attached hydrogen (secondary N) is 1. The third kappa shape index (κ3) is 3.39. The Morgan fingerprint density at radius 2 is 2.00 bits per heavy atom. The second-order valence-corrected chi connectivity index (χ2v) is 4.15. The Morgan fingerprint density at radius 3 is 2.53 bits per heavy atom. The van der Waals surface area contributed by atoms with Crippen LogP contribution in [0.4, 0.5) is 0 Å². The zero-order valence-corrected chi connectivity index (χ0v) is 10.6. The first-order valence-corrected chi connectivity index (χ1v) is 5.89. The van der Waals surface area contributed by atoms with Crippen molar-refractivity contribution in [3.63, 3.8) is 0 Å². The lowest BCUT2D eigenvalue weighted by Gasteiger charge is -2.04. The van der Waals surface area contributed by atoms with Crippen LogP contribution in [0.5, 0.6) is 0 Å². The normalized spacial score (nSPS) is 9.68. The molecule has 19 heavy (non-hydrogen) atoms. The maximum atomic E-state index is 10.8. The van der Waals surface area contributed by atoms with Gasteiger partial charge < -0.3 is 5.32 Å². The zero-order chi connectivity index (χ0) is 13.7. The number of pyridine rings is 1. The number of nitriles is 1. The molecular weight excluding hydrogens is 238 g/mol. The second-order valence-electron chi connectivity index (χ2n) is 4.15. The minimum atomic E-state index is -0.0591. The van der Waals surface area contributed by atoms with Crippen LogP contribution in [0.25, 0.3) is 11.3 Å². The number of rotatable bonds is 3. The molecule has 4 heteroatoms. The standard InChI is InChI=1S/C15H13N3O/c1-11(19)17-9-13-4-7-15(18-10-13)14-5-2-12(8-16)3-6-14/h2-7,10H,9H2,1H3,(H,17,19). The largest absolute Gasteiger partial charge is 0.352 e. The molecule has 1 N–H and O–H groups in total. The number of carbonyl (C=O) groups excluding carboxylic acids is 1. The van der Waals surface area contributed by atoms with E-state index in [9.17, 15) is 4.79 Å². The van der Waals surface area contributed by atoms with Gasteiger partial charge in [-0.1, -0.05) is 18.2 Å². The van der Waals surface area contributed by atoms with Crippen molar-refractivity contribution < 1.29 is 4.79 Å². The van der Waals surface area contributed by atoms with Gasteiger partial charge in [-0.3, -0.25) is 9.78 Å². The van der Waals surface area contributed by atoms with Gasteiger partial charge in [0.2, 0.25) is 5.91 Å². The lowest BCUT2D eigenvalue weighted by Crippen LogP contribution is -2.18. The summed E-state index contributed by atoms with van der Waals surface area (Å²) in [5.41, 5.74) is 3.39. The van der Waals surface area contributed by atoms with Crippen LogP contribution in [0.15, 0.2) is 42.6 Å². The highest BCUT2D eigenvalue weighted by molar-refractivity contribution is 5.72. The van der Waals surface area contributed by atoms with Crippen molar-refractivity contribution in [2.75, 3.05) is 0 Å². The van der Waals surface area contributed by atoms with E-state index in [0.29, 0.717) is 12.1 Å². The molecule has 0 aliphatic carbocycles. The van der Waals surface area contributed by atoms with E-state index in [1.807, 2.05) is 24.3 Å². The van der Waals surface area contributed by atoms with E-state index in [0.717, 1.165) is 16.8 Å². The Morgan fingerprint density at radius 1 is 1.26 bits per heavy atom. The summed E-state index contributed by atoms with van der Waals surface area (Å²) in [7, 11) is 0. The van der Waals surface area contributed by atoms with Crippen LogP contribution in [0.2, 0.25) is 0 Å². The predicted molar refractivity (Wildman–Crippen MR) is 71.9 cm³/mol. The molecule has 0 radical (unpaired) electrons. The van der Waals surface area contributed by atoms with Gasteiger partial charge in [0.25, 0.3) is 0 Å². The summed E-state index contributed by atoms with van der Waals surface area (Å²) >= 11 is 0. The number of aromatic nitrogens is 1. The maximum Gasteiger partial charge on any atom is 0.217 e. The summed E-state index contributed by atoms with van der Waals surface area (Å²) in [4.78, 5) is 15.2. The monoisotopic (exact) mass is 251 g/mol. The first kappa shape index (κ1) is 12.8. The Bertz CT molecular complexity index is 609. The molecule has 1 heterocycles. The van der Waals surface area contributed by atoms with Gasteiger partial charge in [0.1, 0.15) is 0 Å². The lowest BCUT2D eigenvalue weighted by molar-refractivity contribution is -0.119. The minimum absolute atomic E-state index is 0.0591. The Labute approximate surface area is 111 Å². The molecule has 0 bridgehead atoms. The van der Waals surface area contributed by atoms with Crippen LogP contribution in [-0.2, 0) is 11.3 Å². The highest BCUT2D eigenvalue weighted by Gasteiger charge is 2.00. The fourth-order valence-corrected chi connectivity index (χ4v) is 1.64. The summed E-state index contributed by atoms with van der Waals surface area (Å²) in [5, 5.41) is 11.5. The first-order valence-electron chi connectivity index (χ1n) is 5.89. The molecular formula is C15H13N3O. The first-order chi connectivity index (χ1) is 9.19. The van der Waals surface area contributed by atoms with Crippen molar-refractivity contribution in [1.29, 1.82) is 5.26 Å². The van der Waals surface area contributed by atoms with Crippen LogP contribution in [0, 0.1) is 11.3 Å². The van der Waals surface area contributed by atoms with Crippen molar-refractivity contribution in [2.45, 2.75) is 13.5 Å². The number of nitrogens with zero attached hydrogens (tertiary/aromatic N) is 2. The van der Waals surface area contributed by atoms with Gasteiger partial charge in [0.05, 0.1) is 17.3 Å². The van der Waals surface area contributed by atoms with Gasteiger partial charge in [-0.05, 0) is 23.8 Å². The van der Waals surface area contributed by atoms with Crippen molar-refractivity contribution in [2.24, 2.45) is 0 Å². The predicted octanol–water partition coefficient (Wildman–Crippen LogP) is 2.26. The van der Waals surface area contributed by atoms with Crippen LogP contribution < -0.4 is 5.32 Å². The highest BCUT2D eigenvalue weighted by atomic mass is 16.1. The van der Waals surface area contributed by atoms with Crippen molar-refractivity contribution in [3.05, 3.63) is 53.7 Å². The average molecular weight is 251 g/mol. The molecule has 94 valence electrons. The molecule has 4 nitrogen and oxygen atoms in total. The minimum Gasteiger partial charge on any atom is -0.352 e. The van der Waals surface area contributed by atoms with E-state index < -0.39 is 0 Å². The molecule has 1 aromatic carbocycles. The SMILES string of the molecule is CC(=O)NCc1ccc(-c2ccc(C#N)cc2)nc1. The second kappa shape index (κ2) is 5.78. The number of carbonyl (C=O) groups is 1. The van der Waals surface area contributed by atoms with Crippen molar-refractivity contribution in [3.8, 4) is 17.3 Å². The van der Waals surface area contributed by atoms with E-state index >= 15 is 0 Å². The number of hydrogen-bond acceptors (Lipinski definition) is 3. The maximum absolute atomic E-state index is 10.8. The Balaban J connectivity index is 2.13. The van der Waals surface area contributed by atoms with Crippen LogP contribution >= 0.6 is 0 Å². The third-order valence-electron chi connectivity index (χ3n) is 2.68. The third-order valence-corrected chi connectivity index (χ3v) is 2.68. The summed E-state index contributed by atoms with van der Waals surface area (Å²) in [6.45, 7) is 1.97. The lowest BCUT2D eigenvalue weighted by atomic mass is 10.1. The molecule has 1 aromatic heterocycles. The zero-order valence-electron chi connectivity index (χ0n) is 10.6. The number of benzene rings is 1.